The first-order valence-electron chi connectivity index (χ1n) is 6.52. The zero-order valence-corrected chi connectivity index (χ0v) is 11.8. The predicted molar refractivity (Wildman–Crippen MR) is 81.9 cm³/mol. The Morgan fingerprint density at radius 1 is 1.05 bits per heavy atom. The molecule has 0 unspecified atom stereocenters. The van der Waals surface area contributed by atoms with Crippen molar-refractivity contribution >= 4 is 23.7 Å². The smallest absolute Gasteiger partial charge is 0.318 e. The lowest BCUT2D eigenvalue weighted by atomic mass is 10.1. The number of nitrogens with one attached hydrogen (secondary N) is 2. The van der Waals surface area contributed by atoms with E-state index < -0.39 is 17.6 Å². The van der Waals surface area contributed by atoms with Crippen LogP contribution in [0.5, 0.6) is 0 Å². The minimum absolute atomic E-state index is 0.324. The monoisotopic (exact) mass is 299 g/mol. The Hall–Kier alpha value is -3.02. The first-order valence-corrected chi connectivity index (χ1v) is 6.52. The molecule has 6 heteroatoms. The number of rotatable bonds is 3. The number of aryl methyl sites for hydroxylation is 1. The van der Waals surface area contributed by atoms with Crippen molar-refractivity contribution in [1.29, 1.82) is 0 Å². The van der Waals surface area contributed by atoms with E-state index in [0.29, 0.717) is 5.69 Å². The lowest BCUT2D eigenvalue weighted by Gasteiger charge is -2.03. The number of nitrogens with zero attached hydrogens (tertiary/aromatic N) is 1. The van der Waals surface area contributed by atoms with Crippen molar-refractivity contribution in [2.45, 2.75) is 6.92 Å². The van der Waals surface area contributed by atoms with Gasteiger partial charge in [-0.2, -0.15) is 5.10 Å². The van der Waals surface area contributed by atoms with Gasteiger partial charge in [-0.15, -0.1) is 0 Å². The van der Waals surface area contributed by atoms with Crippen molar-refractivity contribution in [2.24, 2.45) is 5.10 Å². The van der Waals surface area contributed by atoms with Gasteiger partial charge < -0.3 is 5.32 Å². The molecule has 0 spiro atoms. The Bertz CT molecular complexity index is 712. The summed E-state index contributed by atoms with van der Waals surface area (Å²) >= 11 is 0. The second kappa shape index (κ2) is 7.12. The molecular formula is C16H14FN3O2. The summed E-state index contributed by atoms with van der Waals surface area (Å²) in [5.41, 5.74) is 4.29. The summed E-state index contributed by atoms with van der Waals surface area (Å²) in [6, 6.07) is 12.6. The lowest BCUT2D eigenvalue weighted by Crippen LogP contribution is -2.32. The average molecular weight is 299 g/mol. The molecule has 0 aliphatic carbocycles. The Labute approximate surface area is 126 Å². The highest BCUT2D eigenvalue weighted by Gasteiger charge is 2.12. The van der Waals surface area contributed by atoms with Crippen LogP contribution < -0.4 is 10.7 Å². The van der Waals surface area contributed by atoms with Crippen molar-refractivity contribution in [3.63, 3.8) is 0 Å². The molecule has 0 saturated heterocycles. The minimum Gasteiger partial charge on any atom is -0.318 e. The summed E-state index contributed by atoms with van der Waals surface area (Å²) in [6.07, 6.45) is 1.46. The average Bonchev–Trinajstić information content (AvgIpc) is 2.51. The molecule has 0 fully saturated rings. The fraction of sp³-hybridized carbons (Fsp3) is 0.0625. The van der Waals surface area contributed by atoms with Gasteiger partial charge in [-0.1, -0.05) is 24.3 Å². The molecule has 0 atom stereocenters. The van der Waals surface area contributed by atoms with Gasteiger partial charge in [0.1, 0.15) is 5.82 Å². The predicted octanol–water partition coefficient (Wildman–Crippen LogP) is 2.22. The van der Waals surface area contributed by atoms with Gasteiger partial charge in [-0.25, -0.2) is 9.82 Å². The quantitative estimate of drug-likeness (QED) is 0.518. The molecule has 2 aromatic carbocycles. The maximum absolute atomic E-state index is 12.7. The molecular weight excluding hydrogens is 285 g/mol. The van der Waals surface area contributed by atoms with Gasteiger partial charge in [0.05, 0.1) is 6.21 Å². The molecule has 0 radical (unpaired) electrons. The van der Waals surface area contributed by atoms with Gasteiger partial charge in [0.15, 0.2) is 0 Å². The first-order chi connectivity index (χ1) is 10.6. The van der Waals surface area contributed by atoms with E-state index in [1.54, 1.807) is 0 Å². The molecule has 0 aromatic heterocycles. The third-order valence-electron chi connectivity index (χ3n) is 2.87. The first kappa shape index (κ1) is 15.4. The van der Waals surface area contributed by atoms with E-state index in [2.05, 4.69) is 15.8 Å². The Morgan fingerprint density at radius 2 is 1.73 bits per heavy atom. The zero-order valence-electron chi connectivity index (χ0n) is 11.8. The molecule has 2 amide bonds. The van der Waals surface area contributed by atoms with Crippen LogP contribution in [0.2, 0.25) is 0 Å². The van der Waals surface area contributed by atoms with Crippen LogP contribution >= 0.6 is 0 Å². The molecule has 0 bridgehead atoms. The molecule has 0 aliphatic rings. The Balaban J connectivity index is 1.90. The molecule has 5 nitrogen and oxygen atoms in total. The number of hydrogen-bond acceptors (Lipinski definition) is 3. The van der Waals surface area contributed by atoms with Gasteiger partial charge in [-0.3, -0.25) is 9.59 Å². The number of anilines is 1. The Kier molecular flexibility index (Phi) is 4.98. The maximum Gasteiger partial charge on any atom is 0.329 e. The summed E-state index contributed by atoms with van der Waals surface area (Å²) < 4.78 is 12.7. The van der Waals surface area contributed by atoms with E-state index in [1.807, 2.05) is 31.2 Å². The molecule has 2 N–H and O–H groups in total. The van der Waals surface area contributed by atoms with Gasteiger partial charge >= 0.3 is 11.8 Å². The molecule has 0 heterocycles. The van der Waals surface area contributed by atoms with Crippen LogP contribution in [0.1, 0.15) is 11.1 Å². The molecule has 112 valence electrons. The third-order valence-corrected chi connectivity index (χ3v) is 2.87. The summed E-state index contributed by atoms with van der Waals surface area (Å²) in [6.45, 7) is 1.91. The highest BCUT2D eigenvalue weighted by atomic mass is 19.1. The molecule has 0 saturated carbocycles. The number of carbonyl (C=O) groups excluding carboxylic acids is 2. The van der Waals surface area contributed by atoms with E-state index in [1.165, 1.54) is 30.5 Å². The normalized spacial score (nSPS) is 10.5. The van der Waals surface area contributed by atoms with Crippen LogP contribution in [0, 0.1) is 12.7 Å². The summed E-state index contributed by atoms with van der Waals surface area (Å²) in [5.74, 6) is -2.21. The number of carbonyl (C=O) groups is 2. The second-order valence-electron chi connectivity index (χ2n) is 4.52. The van der Waals surface area contributed by atoms with Crippen LogP contribution in [0.25, 0.3) is 0 Å². The van der Waals surface area contributed by atoms with Gasteiger partial charge in [0, 0.05) is 5.69 Å². The van der Waals surface area contributed by atoms with E-state index in [-0.39, 0.29) is 0 Å². The van der Waals surface area contributed by atoms with E-state index >= 15 is 0 Å². The van der Waals surface area contributed by atoms with Crippen LogP contribution in [0.4, 0.5) is 10.1 Å². The number of hydrogen-bond donors (Lipinski definition) is 2. The van der Waals surface area contributed by atoms with Crippen molar-refractivity contribution in [3.05, 3.63) is 65.5 Å². The number of halogens is 1. The van der Waals surface area contributed by atoms with Crippen LogP contribution in [0.15, 0.2) is 53.6 Å². The van der Waals surface area contributed by atoms with Gasteiger partial charge in [0.25, 0.3) is 0 Å². The highest BCUT2D eigenvalue weighted by Crippen LogP contribution is 2.07. The zero-order chi connectivity index (χ0) is 15.9. The van der Waals surface area contributed by atoms with Crippen molar-refractivity contribution in [3.8, 4) is 0 Å². The highest BCUT2D eigenvalue weighted by molar-refractivity contribution is 6.39. The van der Waals surface area contributed by atoms with Crippen molar-refractivity contribution in [2.75, 3.05) is 5.32 Å². The van der Waals surface area contributed by atoms with E-state index in [0.717, 1.165) is 11.1 Å². The molecule has 0 aliphatic heterocycles. The lowest BCUT2D eigenvalue weighted by molar-refractivity contribution is -0.136. The number of hydrazone groups is 1. The summed E-state index contributed by atoms with van der Waals surface area (Å²) in [4.78, 5) is 23.2. The second-order valence-corrected chi connectivity index (χ2v) is 4.52. The van der Waals surface area contributed by atoms with Crippen LogP contribution in [-0.2, 0) is 9.59 Å². The number of benzene rings is 2. The maximum atomic E-state index is 12.7. The third kappa shape index (κ3) is 4.24. The van der Waals surface area contributed by atoms with E-state index in [4.69, 9.17) is 0 Å². The van der Waals surface area contributed by atoms with Crippen molar-refractivity contribution < 1.29 is 14.0 Å². The summed E-state index contributed by atoms with van der Waals surface area (Å²) in [5, 5.41) is 6.07. The SMILES string of the molecule is Cc1ccccc1/C=N\NC(=O)C(=O)Nc1ccc(F)cc1. The minimum atomic E-state index is -0.908. The largest absolute Gasteiger partial charge is 0.329 e. The standard InChI is InChI=1S/C16H14FN3O2/c1-11-4-2-3-5-12(11)10-18-20-16(22)15(21)19-14-8-6-13(17)7-9-14/h2-10H,1H3,(H,19,21)(H,20,22)/b18-10-. The Morgan fingerprint density at radius 3 is 2.41 bits per heavy atom. The van der Waals surface area contributed by atoms with Crippen LogP contribution in [-0.4, -0.2) is 18.0 Å². The van der Waals surface area contributed by atoms with Gasteiger partial charge in [0.2, 0.25) is 0 Å². The molecule has 2 aromatic rings. The molecule has 22 heavy (non-hydrogen) atoms. The molecule has 2 rings (SSSR count). The summed E-state index contributed by atoms with van der Waals surface area (Å²) in [7, 11) is 0. The fourth-order valence-electron chi connectivity index (χ4n) is 1.66. The van der Waals surface area contributed by atoms with Crippen molar-refractivity contribution in [1.82, 2.24) is 5.43 Å². The van der Waals surface area contributed by atoms with Crippen LogP contribution in [0.3, 0.4) is 0 Å². The fourth-order valence-corrected chi connectivity index (χ4v) is 1.66. The number of amides is 2. The van der Waals surface area contributed by atoms with Gasteiger partial charge in [-0.05, 0) is 42.3 Å². The van der Waals surface area contributed by atoms with E-state index in [9.17, 15) is 14.0 Å². The topological polar surface area (TPSA) is 70.6 Å².